The van der Waals surface area contributed by atoms with Crippen LogP contribution in [0.4, 0.5) is 0 Å². The van der Waals surface area contributed by atoms with Crippen molar-refractivity contribution in [3.8, 4) is 22.6 Å². The molecule has 0 spiro atoms. The molecule has 0 fully saturated rings. The molecular weight excluding hydrogens is 448 g/mol. The number of hydrogen-bond donors (Lipinski definition) is 0. The first-order valence-electron chi connectivity index (χ1n) is 9.16. The molecule has 1 aromatic heterocycles. The summed E-state index contributed by atoms with van der Waals surface area (Å²) in [5.74, 6) is 0.809. The fraction of sp³-hybridized carbons (Fsp3) is 0.0833. The molecule has 5 nitrogen and oxygen atoms in total. The van der Waals surface area contributed by atoms with E-state index in [2.05, 4.69) is 15.9 Å². The highest BCUT2D eigenvalue weighted by Crippen LogP contribution is 2.27. The third-order valence-electron chi connectivity index (χ3n) is 4.69. The number of ether oxygens (including phenoxy) is 2. The first-order chi connectivity index (χ1) is 14.5. The third-order valence-corrected chi connectivity index (χ3v) is 5.22. The number of esters is 1. The number of hydrogen-bond acceptors (Lipinski definition) is 5. The van der Waals surface area contributed by atoms with Gasteiger partial charge in [0.05, 0.1) is 23.6 Å². The van der Waals surface area contributed by atoms with Gasteiger partial charge in [0.15, 0.2) is 0 Å². The summed E-state index contributed by atoms with van der Waals surface area (Å²) in [7, 11) is 1.53. The number of halogens is 1. The fourth-order valence-corrected chi connectivity index (χ4v) is 3.48. The van der Waals surface area contributed by atoms with Gasteiger partial charge in [-0.05, 0) is 55.0 Å². The quantitative estimate of drug-likeness (QED) is 0.283. The summed E-state index contributed by atoms with van der Waals surface area (Å²) in [6.45, 7) is 1.74. The SMILES string of the molecule is COc1cccc(C(=O)Oc2ccc3c(=O)c(-c4ccc(Br)cc4)c(C)oc3c2)c1. The Balaban J connectivity index is 1.69. The lowest BCUT2D eigenvalue weighted by Gasteiger charge is -2.09. The Kier molecular flexibility index (Phi) is 5.42. The molecule has 3 aromatic carbocycles. The summed E-state index contributed by atoms with van der Waals surface area (Å²) in [5.41, 5.74) is 1.87. The van der Waals surface area contributed by atoms with E-state index in [0.29, 0.717) is 33.6 Å². The van der Waals surface area contributed by atoms with Crippen molar-refractivity contribution in [1.29, 1.82) is 0 Å². The number of benzene rings is 3. The van der Waals surface area contributed by atoms with Crippen LogP contribution in [0.1, 0.15) is 16.1 Å². The van der Waals surface area contributed by atoms with Crippen LogP contribution in [0.5, 0.6) is 11.5 Å². The van der Waals surface area contributed by atoms with E-state index in [1.54, 1.807) is 49.4 Å². The number of aryl methyl sites for hydroxylation is 1. The second kappa shape index (κ2) is 8.16. The molecular formula is C24H17BrO5. The molecule has 0 aliphatic rings. The second-order valence-corrected chi connectivity index (χ2v) is 7.56. The van der Waals surface area contributed by atoms with Gasteiger partial charge in [-0.2, -0.15) is 0 Å². The van der Waals surface area contributed by atoms with Crippen LogP contribution in [0.25, 0.3) is 22.1 Å². The molecule has 4 rings (SSSR count). The molecule has 30 heavy (non-hydrogen) atoms. The number of carbonyl (C=O) groups excluding carboxylic acids is 1. The van der Waals surface area contributed by atoms with Crippen molar-refractivity contribution in [3.63, 3.8) is 0 Å². The van der Waals surface area contributed by atoms with Crippen molar-refractivity contribution < 1.29 is 18.7 Å². The number of rotatable bonds is 4. The van der Waals surface area contributed by atoms with Crippen molar-refractivity contribution in [3.05, 3.63) is 92.7 Å². The first kappa shape index (κ1) is 19.9. The highest BCUT2D eigenvalue weighted by Gasteiger charge is 2.16. The molecule has 0 atom stereocenters. The maximum atomic E-state index is 13.1. The van der Waals surface area contributed by atoms with Gasteiger partial charge in [-0.25, -0.2) is 4.79 Å². The minimum Gasteiger partial charge on any atom is -0.497 e. The summed E-state index contributed by atoms with van der Waals surface area (Å²) < 4.78 is 17.4. The van der Waals surface area contributed by atoms with Crippen LogP contribution in [0.3, 0.4) is 0 Å². The average molecular weight is 465 g/mol. The Hall–Kier alpha value is -3.38. The van der Waals surface area contributed by atoms with E-state index in [1.165, 1.54) is 7.11 Å². The lowest BCUT2D eigenvalue weighted by atomic mass is 10.0. The van der Waals surface area contributed by atoms with Crippen molar-refractivity contribution in [2.75, 3.05) is 7.11 Å². The standard InChI is InChI=1S/C24H17BrO5/c1-14-22(15-6-8-17(25)9-7-15)23(26)20-11-10-19(13-21(20)29-14)30-24(27)16-4-3-5-18(12-16)28-2/h3-13H,1-2H3. The molecule has 150 valence electrons. The maximum Gasteiger partial charge on any atom is 0.343 e. The Bertz CT molecular complexity index is 1310. The number of methoxy groups -OCH3 is 1. The van der Waals surface area contributed by atoms with Crippen LogP contribution < -0.4 is 14.9 Å². The number of carbonyl (C=O) groups is 1. The van der Waals surface area contributed by atoms with Gasteiger partial charge < -0.3 is 13.9 Å². The van der Waals surface area contributed by atoms with E-state index in [4.69, 9.17) is 13.9 Å². The molecule has 0 aliphatic carbocycles. The number of fused-ring (bicyclic) bond motifs is 1. The highest BCUT2D eigenvalue weighted by atomic mass is 79.9. The van der Waals surface area contributed by atoms with Crippen molar-refractivity contribution in [1.82, 2.24) is 0 Å². The average Bonchev–Trinajstić information content (AvgIpc) is 2.75. The predicted octanol–water partition coefficient (Wildman–Crippen LogP) is 5.76. The van der Waals surface area contributed by atoms with Crippen LogP contribution in [0, 0.1) is 6.92 Å². The van der Waals surface area contributed by atoms with Crippen molar-refractivity contribution in [2.45, 2.75) is 6.92 Å². The Morgan fingerprint density at radius 3 is 2.47 bits per heavy atom. The molecule has 4 aromatic rings. The molecule has 0 saturated heterocycles. The zero-order chi connectivity index (χ0) is 21.3. The smallest absolute Gasteiger partial charge is 0.343 e. The third kappa shape index (κ3) is 3.86. The van der Waals surface area contributed by atoms with E-state index in [-0.39, 0.29) is 11.2 Å². The molecule has 0 radical (unpaired) electrons. The zero-order valence-electron chi connectivity index (χ0n) is 16.3. The van der Waals surface area contributed by atoms with Gasteiger partial charge in [0.2, 0.25) is 5.43 Å². The second-order valence-electron chi connectivity index (χ2n) is 6.65. The topological polar surface area (TPSA) is 65.7 Å². The summed E-state index contributed by atoms with van der Waals surface area (Å²) in [6.07, 6.45) is 0. The lowest BCUT2D eigenvalue weighted by molar-refractivity contribution is 0.0734. The minimum atomic E-state index is -0.529. The van der Waals surface area contributed by atoms with Gasteiger partial charge in [-0.15, -0.1) is 0 Å². The minimum absolute atomic E-state index is 0.137. The van der Waals surface area contributed by atoms with Crippen molar-refractivity contribution in [2.24, 2.45) is 0 Å². The summed E-state index contributed by atoms with van der Waals surface area (Å²) in [6, 6.07) is 18.9. The van der Waals surface area contributed by atoms with Crippen LogP contribution in [0.2, 0.25) is 0 Å². The molecule has 1 heterocycles. The summed E-state index contributed by atoms with van der Waals surface area (Å²) in [5, 5.41) is 0.416. The normalized spacial score (nSPS) is 10.8. The van der Waals surface area contributed by atoms with Gasteiger partial charge >= 0.3 is 5.97 Å². The van der Waals surface area contributed by atoms with E-state index in [1.807, 2.05) is 24.3 Å². The molecule has 0 saturated carbocycles. The van der Waals surface area contributed by atoms with Gasteiger partial charge in [0, 0.05) is 10.5 Å². The van der Waals surface area contributed by atoms with Gasteiger partial charge in [0.1, 0.15) is 22.8 Å². The Morgan fingerprint density at radius 2 is 1.73 bits per heavy atom. The lowest BCUT2D eigenvalue weighted by Crippen LogP contribution is -2.10. The summed E-state index contributed by atoms with van der Waals surface area (Å²) >= 11 is 3.40. The van der Waals surface area contributed by atoms with Gasteiger partial charge in [-0.3, -0.25) is 4.79 Å². The van der Waals surface area contributed by atoms with Gasteiger partial charge in [0.25, 0.3) is 0 Å². The molecule has 0 amide bonds. The van der Waals surface area contributed by atoms with E-state index in [0.717, 1.165) is 10.0 Å². The molecule has 0 bridgehead atoms. The van der Waals surface area contributed by atoms with E-state index < -0.39 is 5.97 Å². The highest BCUT2D eigenvalue weighted by molar-refractivity contribution is 9.10. The van der Waals surface area contributed by atoms with E-state index in [9.17, 15) is 9.59 Å². The summed E-state index contributed by atoms with van der Waals surface area (Å²) in [4.78, 5) is 25.5. The predicted molar refractivity (Wildman–Crippen MR) is 118 cm³/mol. The van der Waals surface area contributed by atoms with Crippen LogP contribution in [-0.4, -0.2) is 13.1 Å². The van der Waals surface area contributed by atoms with Crippen LogP contribution in [0.15, 0.2) is 80.4 Å². The Labute approximate surface area is 181 Å². The van der Waals surface area contributed by atoms with Gasteiger partial charge in [-0.1, -0.05) is 34.1 Å². The largest absolute Gasteiger partial charge is 0.497 e. The maximum absolute atomic E-state index is 13.1. The molecule has 0 unspecified atom stereocenters. The molecule has 0 aliphatic heterocycles. The fourth-order valence-electron chi connectivity index (χ4n) is 3.22. The molecule has 0 N–H and O–H groups in total. The van der Waals surface area contributed by atoms with Crippen molar-refractivity contribution >= 4 is 32.9 Å². The monoisotopic (exact) mass is 464 g/mol. The van der Waals surface area contributed by atoms with E-state index >= 15 is 0 Å². The first-order valence-corrected chi connectivity index (χ1v) is 9.95. The van der Waals surface area contributed by atoms with Crippen LogP contribution in [-0.2, 0) is 0 Å². The molecule has 6 heteroatoms. The zero-order valence-corrected chi connectivity index (χ0v) is 17.9. The Morgan fingerprint density at radius 1 is 0.967 bits per heavy atom. The van der Waals surface area contributed by atoms with Crippen LogP contribution >= 0.6 is 15.9 Å².